The first-order chi connectivity index (χ1) is 11.8. The van der Waals surface area contributed by atoms with E-state index in [0.717, 1.165) is 11.4 Å². The molecule has 1 N–H and O–H groups in total. The Labute approximate surface area is 147 Å². The molecular weight excluding hydrogens is 322 g/mol. The summed E-state index contributed by atoms with van der Waals surface area (Å²) >= 11 is 0. The summed E-state index contributed by atoms with van der Waals surface area (Å²) in [6.45, 7) is 8.55. The minimum Gasteiger partial charge on any atom is -0.443 e. The van der Waals surface area contributed by atoms with E-state index in [1.54, 1.807) is 9.80 Å². The van der Waals surface area contributed by atoms with E-state index in [1.807, 2.05) is 24.3 Å². The van der Waals surface area contributed by atoms with Gasteiger partial charge in [0.25, 0.3) is 5.91 Å². The van der Waals surface area contributed by atoms with E-state index < -0.39 is 0 Å². The maximum Gasteiger partial charge on any atom is 0.414 e. The van der Waals surface area contributed by atoms with Crippen LogP contribution in [0.25, 0.3) is 0 Å². The van der Waals surface area contributed by atoms with Gasteiger partial charge in [-0.05, 0) is 45.0 Å². The molecule has 1 aromatic carbocycles. The van der Waals surface area contributed by atoms with Crippen molar-refractivity contribution in [2.45, 2.75) is 32.4 Å². The Balaban J connectivity index is 1.64. The van der Waals surface area contributed by atoms with Gasteiger partial charge in [0.2, 0.25) is 0 Å². The normalized spacial score (nSPS) is 21.6. The van der Waals surface area contributed by atoms with E-state index in [1.165, 1.54) is 0 Å². The molecule has 3 rings (SSSR count). The Bertz CT molecular complexity index is 639. The minimum atomic E-state index is -0.337. The fraction of sp³-hybridized carbons (Fsp3) is 0.556. The summed E-state index contributed by atoms with van der Waals surface area (Å²) in [5, 5.41) is 3.35. The van der Waals surface area contributed by atoms with E-state index in [0.29, 0.717) is 26.2 Å². The molecule has 2 fully saturated rings. The monoisotopic (exact) mass is 347 g/mol. The highest BCUT2D eigenvalue weighted by Gasteiger charge is 2.33. The molecule has 2 saturated heterocycles. The standard InChI is InChI=1S/C18H25N3O4/c1-18(2,3)19-10-15-11-21(17(23)25-15)14-6-4-13(5-7-14)20-8-9-24-12-16(20)22/h4-7,15,19H,8-12H2,1-3H3/t15-/m0/s1. The molecule has 0 aromatic heterocycles. The summed E-state index contributed by atoms with van der Waals surface area (Å²) in [6.07, 6.45) is -0.511. The molecule has 25 heavy (non-hydrogen) atoms. The molecule has 2 heterocycles. The number of morpholine rings is 1. The molecule has 0 saturated carbocycles. The second-order valence-electron chi connectivity index (χ2n) is 7.36. The van der Waals surface area contributed by atoms with Crippen LogP contribution in [0, 0.1) is 0 Å². The largest absolute Gasteiger partial charge is 0.443 e. The number of anilines is 2. The van der Waals surface area contributed by atoms with Crippen LogP contribution in [0.15, 0.2) is 24.3 Å². The van der Waals surface area contributed by atoms with E-state index in [-0.39, 0.29) is 30.3 Å². The highest BCUT2D eigenvalue weighted by molar-refractivity contribution is 5.95. The maximum absolute atomic E-state index is 12.1. The van der Waals surface area contributed by atoms with Crippen molar-refractivity contribution in [3.63, 3.8) is 0 Å². The summed E-state index contributed by atoms with van der Waals surface area (Å²) in [5.41, 5.74) is 1.56. The van der Waals surface area contributed by atoms with Gasteiger partial charge in [-0.25, -0.2) is 4.79 Å². The number of nitrogens with zero attached hydrogens (tertiary/aromatic N) is 2. The van der Waals surface area contributed by atoms with Gasteiger partial charge < -0.3 is 19.7 Å². The van der Waals surface area contributed by atoms with Gasteiger partial charge >= 0.3 is 6.09 Å². The molecule has 7 heteroatoms. The SMILES string of the molecule is CC(C)(C)NC[C@H]1CN(c2ccc(N3CCOCC3=O)cc2)C(=O)O1. The van der Waals surface area contributed by atoms with Gasteiger partial charge in [0.05, 0.1) is 13.2 Å². The molecule has 136 valence electrons. The van der Waals surface area contributed by atoms with Gasteiger partial charge in [0, 0.05) is 30.0 Å². The van der Waals surface area contributed by atoms with Crippen molar-refractivity contribution in [2.24, 2.45) is 0 Å². The fourth-order valence-electron chi connectivity index (χ4n) is 2.86. The van der Waals surface area contributed by atoms with Gasteiger partial charge in [0.15, 0.2) is 0 Å². The van der Waals surface area contributed by atoms with Crippen molar-refractivity contribution in [1.82, 2.24) is 5.32 Å². The summed E-state index contributed by atoms with van der Waals surface area (Å²) in [7, 11) is 0. The summed E-state index contributed by atoms with van der Waals surface area (Å²) in [4.78, 5) is 27.4. The van der Waals surface area contributed by atoms with E-state index >= 15 is 0 Å². The van der Waals surface area contributed by atoms with Gasteiger partial charge in [-0.1, -0.05) is 0 Å². The van der Waals surface area contributed by atoms with Crippen LogP contribution in [0.2, 0.25) is 0 Å². The summed E-state index contributed by atoms with van der Waals surface area (Å²) in [5.74, 6) is -0.0482. The van der Waals surface area contributed by atoms with Gasteiger partial charge in [-0.3, -0.25) is 9.69 Å². The predicted molar refractivity (Wildman–Crippen MR) is 95.0 cm³/mol. The second-order valence-corrected chi connectivity index (χ2v) is 7.36. The first kappa shape index (κ1) is 17.7. The van der Waals surface area contributed by atoms with Crippen molar-refractivity contribution in [2.75, 3.05) is 42.6 Å². The Kier molecular flexibility index (Phi) is 4.96. The van der Waals surface area contributed by atoms with Crippen LogP contribution < -0.4 is 15.1 Å². The lowest BCUT2D eigenvalue weighted by molar-refractivity contribution is -0.125. The molecular formula is C18H25N3O4. The lowest BCUT2D eigenvalue weighted by Crippen LogP contribution is -2.42. The van der Waals surface area contributed by atoms with Gasteiger partial charge in [-0.15, -0.1) is 0 Å². The van der Waals surface area contributed by atoms with Gasteiger partial charge in [0.1, 0.15) is 12.7 Å². The molecule has 2 aliphatic rings. The highest BCUT2D eigenvalue weighted by Crippen LogP contribution is 2.25. The molecule has 0 unspecified atom stereocenters. The lowest BCUT2D eigenvalue weighted by Gasteiger charge is -2.27. The zero-order valence-electron chi connectivity index (χ0n) is 14.9. The number of carbonyl (C=O) groups is 2. The zero-order chi connectivity index (χ0) is 18.0. The van der Waals surface area contributed by atoms with Crippen LogP contribution >= 0.6 is 0 Å². The second kappa shape index (κ2) is 7.01. The molecule has 1 atom stereocenters. The van der Waals surface area contributed by atoms with E-state index in [9.17, 15) is 9.59 Å². The molecule has 2 amide bonds. The third kappa shape index (κ3) is 4.29. The first-order valence-electron chi connectivity index (χ1n) is 8.55. The molecule has 7 nitrogen and oxygen atoms in total. The number of benzene rings is 1. The maximum atomic E-state index is 12.1. The molecule has 0 spiro atoms. The molecule has 0 radical (unpaired) electrons. The van der Waals surface area contributed by atoms with Gasteiger partial charge in [-0.2, -0.15) is 0 Å². The molecule has 1 aromatic rings. The number of carbonyl (C=O) groups excluding carboxylic acids is 2. The van der Waals surface area contributed by atoms with Crippen LogP contribution in [0.3, 0.4) is 0 Å². The van der Waals surface area contributed by atoms with Crippen LogP contribution in [-0.2, 0) is 14.3 Å². The van der Waals surface area contributed by atoms with E-state index in [4.69, 9.17) is 9.47 Å². The van der Waals surface area contributed by atoms with Crippen LogP contribution in [0.4, 0.5) is 16.2 Å². The molecule has 0 aliphatic carbocycles. The van der Waals surface area contributed by atoms with Crippen LogP contribution in [0.1, 0.15) is 20.8 Å². The minimum absolute atomic E-state index is 0.0217. The number of amides is 2. The van der Waals surface area contributed by atoms with Crippen molar-refractivity contribution in [3.05, 3.63) is 24.3 Å². The Morgan fingerprint density at radius 3 is 2.36 bits per heavy atom. The van der Waals surface area contributed by atoms with Crippen molar-refractivity contribution in [1.29, 1.82) is 0 Å². The molecule has 0 bridgehead atoms. The molecule has 2 aliphatic heterocycles. The van der Waals surface area contributed by atoms with E-state index in [2.05, 4.69) is 26.1 Å². The summed E-state index contributed by atoms with van der Waals surface area (Å²) in [6, 6.07) is 7.40. The average Bonchev–Trinajstić information content (AvgIpc) is 2.94. The Hall–Kier alpha value is -2.12. The predicted octanol–water partition coefficient (Wildman–Crippen LogP) is 1.76. The number of cyclic esters (lactones) is 1. The van der Waals surface area contributed by atoms with Crippen LogP contribution in [0.5, 0.6) is 0 Å². The first-order valence-corrected chi connectivity index (χ1v) is 8.55. The summed E-state index contributed by atoms with van der Waals surface area (Å²) < 4.78 is 10.6. The Morgan fingerprint density at radius 2 is 1.76 bits per heavy atom. The van der Waals surface area contributed by atoms with Crippen molar-refractivity contribution >= 4 is 23.4 Å². The number of hydrogen-bond donors (Lipinski definition) is 1. The number of hydrogen-bond acceptors (Lipinski definition) is 5. The number of nitrogens with one attached hydrogen (secondary N) is 1. The van der Waals surface area contributed by atoms with Crippen molar-refractivity contribution < 1.29 is 19.1 Å². The third-order valence-electron chi connectivity index (χ3n) is 4.19. The smallest absolute Gasteiger partial charge is 0.414 e. The lowest BCUT2D eigenvalue weighted by atomic mass is 10.1. The fourth-order valence-corrected chi connectivity index (χ4v) is 2.86. The van der Waals surface area contributed by atoms with Crippen molar-refractivity contribution in [3.8, 4) is 0 Å². The third-order valence-corrected chi connectivity index (χ3v) is 4.19. The highest BCUT2D eigenvalue weighted by atomic mass is 16.6. The zero-order valence-corrected chi connectivity index (χ0v) is 14.9. The van der Waals surface area contributed by atoms with Crippen LogP contribution in [-0.4, -0.2) is 56.5 Å². The quantitative estimate of drug-likeness (QED) is 0.899. The average molecular weight is 347 g/mol. The number of rotatable bonds is 4. The number of ether oxygens (including phenoxy) is 2. The Morgan fingerprint density at radius 1 is 1.12 bits per heavy atom. The topological polar surface area (TPSA) is 71.1 Å².